The van der Waals surface area contributed by atoms with E-state index in [4.69, 9.17) is 0 Å². The van der Waals surface area contributed by atoms with Gasteiger partial charge in [0.25, 0.3) is 11.6 Å². The molecule has 0 N–H and O–H groups in total. The summed E-state index contributed by atoms with van der Waals surface area (Å²) in [6, 6.07) is 3.02. The van der Waals surface area contributed by atoms with Crippen LogP contribution in [0.5, 0.6) is 0 Å². The van der Waals surface area contributed by atoms with Gasteiger partial charge in [-0.15, -0.1) is 0 Å². The van der Waals surface area contributed by atoms with Gasteiger partial charge in [-0.25, -0.2) is 4.39 Å². The standard InChI is InChI=1S/C12H14BrFN2O3/c1-8(13)5-6-15(2)12(17)10-4-3-9(16(18)19)7-11(10)14/h3-4,7-8H,5-6H2,1-2H3. The van der Waals surface area contributed by atoms with E-state index in [-0.39, 0.29) is 16.1 Å². The number of alkyl halides is 1. The molecule has 0 spiro atoms. The van der Waals surface area contributed by atoms with Crippen molar-refractivity contribution in [3.8, 4) is 0 Å². The van der Waals surface area contributed by atoms with Gasteiger partial charge >= 0.3 is 0 Å². The smallest absolute Gasteiger partial charge is 0.272 e. The maximum atomic E-state index is 13.7. The van der Waals surface area contributed by atoms with Crippen molar-refractivity contribution in [2.24, 2.45) is 0 Å². The van der Waals surface area contributed by atoms with Gasteiger partial charge in [-0.05, 0) is 12.5 Å². The van der Waals surface area contributed by atoms with Gasteiger partial charge in [-0.3, -0.25) is 14.9 Å². The number of hydrogen-bond donors (Lipinski definition) is 0. The summed E-state index contributed by atoms with van der Waals surface area (Å²) in [6.07, 6.45) is 0.733. The normalized spacial score (nSPS) is 12.0. The van der Waals surface area contributed by atoms with Crippen molar-refractivity contribution >= 4 is 27.5 Å². The number of carbonyl (C=O) groups excluding carboxylic acids is 1. The molecule has 1 amide bonds. The van der Waals surface area contributed by atoms with E-state index in [0.717, 1.165) is 24.6 Å². The van der Waals surface area contributed by atoms with Crippen LogP contribution in [-0.2, 0) is 0 Å². The maximum absolute atomic E-state index is 13.7. The predicted molar refractivity (Wildman–Crippen MR) is 73.0 cm³/mol. The summed E-state index contributed by atoms with van der Waals surface area (Å²) in [5.41, 5.74) is -0.527. The molecule has 1 aromatic rings. The molecule has 0 fully saturated rings. The minimum atomic E-state index is -0.877. The minimum absolute atomic E-state index is 0.157. The van der Waals surface area contributed by atoms with Crippen LogP contribution in [0.3, 0.4) is 0 Å². The molecule has 19 heavy (non-hydrogen) atoms. The van der Waals surface area contributed by atoms with Crippen molar-refractivity contribution in [3.05, 3.63) is 39.7 Å². The fourth-order valence-electron chi connectivity index (χ4n) is 1.47. The lowest BCUT2D eigenvalue weighted by molar-refractivity contribution is -0.385. The molecule has 1 atom stereocenters. The van der Waals surface area contributed by atoms with Gasteiger partial charge in [0.1, 0.15) is 5.82 Å². The average Bonchev–Trinajstić information content (AvgIpc) is 2.34. The largest absolute Gasteiger partial charge is 0.342 e. The van der Waals surface area contributed by atoms with E-state index in [9.17, 15) is 19.3 Å². The summed E-state index contributed by atoms with van der Waals surface area (Å²) in [5.74, 6) is -1.36. The Morgan fingerprint density at radius 3 is 2.68 bits per heavy atom. The molecule has 0 saturated heterocycles. The third-order valence-electron chi connectivity index (χ3n) is 2.60. The molecule has 0 radical (unpaired) electrons. The number of nitro benzene ring substituents is 1. The molecule has 7 heteroatoms. The van der Waals surface area contributed by atoms with E-state index in [1.807, 2.05) is 6.92 Å². The second-order valence-electron chi connectivity index (χ2n) is 4.22. The molecule has 1 rings (SSSR count). The van der Waals surface area contributed by atoms with E-state index in [1.54, 1.807) is 7.05 Å². The van der Waals surface area contributed by atoms with E-state index in [1.165, 1.54) is 4.90 Å². The quantitative estimate of drug-likeness (QED) is 0.473. The second-order valence-corrected chi connectivity index (χ2v) is 5.78. The van der Waals surface area contributed by atoms with Crippen LogP contribution >= 0.6 is 15.9 Å². The Labute approximate surface area is 118 Å². The van der Waals surface area contributed by atoms with E-state index >= 15 is 0 Å². The van der Waals surface area contributed by atoms with Gasteiger partial charge in [-0.2, -0.15) is 0 Å². The first-order valence-corrected chi connectivity index (χ1v) is 6.58. The molecule has 1 unspecified atom stereocenters. The monoisotopic (exact) mass is 332 g/mol. The number of carbonyl (C=O) groups is 1. The van der Waals surface area contributed by atoms with E-state index < -0.39 is 16.6 Å². The molecule has 0 aliphatic heterocycles. The highest BCUT2D eigenvalue weighted by Crippen LogP contribution is 2.18. The fourth-order valence-corrected chi connectivity index (χ4v) is 1.67. The number of amides is 1. The SMILES string of the molecule is CC(Br)CCN(C)C(=O)c1ccc([N+](=O)[O-])cc1F. The number of nitrogens with zero attached hydrogens (tertiary/aromatic N) is 2. The lowest BCUT2D eigenvalue weighted by Gasteiger charge is -2.18. The van der Waals surface area contributed by atoms with Gasteiger partial charge in [0.2, 0.25) is 0 Å². The van der Waals surface area contributed by atoms with Crippen molar-refractivity contribution in [3.63, 3.8) is 0 Å². The third kappa shape index (κ3) is 4.27. The summed E-state index contributed by atoms with van der Waals surface area (Å²) in [6.45, 7) is 2.42. The van der Waals surface area contributed by atoms with Crippen molar-refractivity contribution in [2.45, 2.75) is 18.2 Å². The predicted octanol–water partition coefficient (Wildman–Crippen LogP) is 2.98. The number of halogens is 2. The molecule has 5 nitrogen and oxygen atoms in total. The summed E-state index contributed by atoms with van der Waals surface area (Å²) in [4.78, 5) is 23.4. The van der Waals surface area contributed by atoms with Crippen molar-refractivity contribution in [2.75, 3.05) is 13.6 Å². The number of rotatable bonds is 5. The molecule has 0 saturated carbocycles. The van der Waals surface area contributed by atoms with Crippen molar-refractivity contribution in [1.29, 1.82) is 0 Å². The Balaban J connectivity index is 2.85. The van der Waals surface area contributed by atoms with Crippen LogP contribution in [0.15, 0.2) is 18.2 Å². The van der Waals surface area contributed by atoms with Crippen LogP contribution in [0.1, 0.15) is 23.7 Å². The highest BCUT2D eigenvalue weighted by molar-refractivity contribution is 9.09. The Bertz CT molecular complexity index is 494. The topological polar surface area (TPSA) is 63.5 Å². The number of nitro groups is 1. The molecule has 0 bridgehead atoms. The van der Waals surface area contributed by atoms with Crippen LogP contribution < -0.4 is 0 Å². The van der Waals surface area contributed by atoms with Crippen LogP contribution in [-0.4, -0.2) is 34.2 Å². The first kappa shape index (κ1) is 15.6. The molecule has 0 heterocycles. The zero-order chi connectivity index (χ0) is 14.6. The van der Waals surface area contributed by atoms with Gasteiger partial charge in [0, 0.05) is 24.5 Å². The highest BCUT2D eigenvalue weighted by Gasteiger charge is 2.19. The molecule has 0 aliphatic carbocycles. The summed E-state index contributed by atoms with van der Waals surface area (Å²) >= 11 is 3.36. The maximum Gasteiger partial charge on any atom is 0.272 e. The Hall–Kier alpha value is -1.50. The second kappa shape index (κ2) is 6.60. The first-order chi connectivity index (χ1) is 8.82. The fraction of sp³-hybridized carbons (Fsp3) is 0.417. The number of benzene rings is 1. The van der Waals surface area contributed by atoms with Gasteiger partial charge in [-0.1, -0.05) is 22.9 Å². The zero-order valence-electron chi connectivity index (χ0n) is 10.6. The Morgan fingerprint density at radius 1 is 1.58 bits per heavy atom. The van der Waals surface area contributed by atoms with Crippen molar-refractivity contribution in [1.82, 2.24) is 4.90 Å². The van der Waals surface area contributed by atoms with Gasteiger partial charge < -0.3 is 4.90 Å². The summed E-state index contributed by atoms with van der Waals surface area (Å²) in [5, 5.41) is 10.5. The minimum Gasteiger partial charge on any atom is -0.342 e. The highest BCUT2D eigenvalue weighted by atomic mass is 79.9. The van der Waals surface area contributed by atoms with Crippen LogP contribution in [0, 0.1) is 15.9 Å². The Kier molecular flexibility index (Phi) is 5.41. The lowest BCUT2D eigenvalue weighted by Crippen LogP contribution is -2.29. The molecule has 1 aromatic carbocycles. The van der Waals surface area contributed by atoms with Crippen LogP contribution in [0.2, 0.25) is 0 Å². The van der Waals surface area contributed by atoms with E-state index in [0.29, 0.717) is 6.54 Å². The van der Waals surface area contributed by atoms with E-state index in [2.05, 4.69) is 15.9 Å². The summed E-state index contributed by atoms with van der Waals surface area (Å²) in [7, 11) is 1.57. The number of non-ortho nitro benzene ring substituents is 1. The zero-order valence-corrected chi connectivity index (χ0v) is 12.2. The molecular weight excluding hydrogens is 319 g/mol. The van der Waals surface area contributed by atoms with Gasteiger partial charge in [0.05, 0.1) is 16.6 Å². The molecule has 0 aliphatic rings. The number of hydrogen-bond acceptors (Lipinski definition) is 3. The van der Waals surface area contributed by atoms with Crippen LogP contribution in [0.25, 0.3) is 0 Å². The molecule has 104 valence electrons. The Morgan fingerprint density at radius 2 is 2.21 bits per heavy atom. The van der Waals surface area contributed by atoms with Gasteiger partial charge in [0.15, 0.2) is 0 Å². The van der Waals surface area contributed by atoms with Crippen LogP contribution in [0.4, 0.5) is 10.1 Å². The first-order valence-electron chi connectivity index (χ1n) is 5.66. The lowest BCUT2D eigenvalue weighted by atomic mass is 10.1. The molecule has 0 aromatic heterocycles. The molecular formula is C12H14BrFN2O3. The average molecular weight is 333 g/mol. The van der Waals surface area contributed by atoms with Crippen molar-refractivity contribution < 1.29 is 14.1 Å². The third-order valence-corrected chi connectivity index (χ3v) is 3.06. The summed E-state index contributed by atoms with van der Waals surface area (Å²) < 4.78 is 13.7.